The van der Waals surface area contributed by atoms with Gasteiger partial charge in [-0.2, -0.15) is 0 Å². The van der Waals surface area contributed by atoms with Gasteiger partial charge in [-0.25, -0.2) is 14.0 Å². The number of carbonyl (C=O) groups excluding carboxylic acids is 2. The second-order valence-electron chi connectivity index (χ2n) is 15.8. The van der Waals surface area contributed by atoms with E-state index in [2.05, 4.69) is 15.6 Å². The number of aryl methyl sites for hydroxylation is 1. The van der Waals surface area contributed by atoms with Crippen molar-refractivity contribution in [1.29, 1.82) is 0 Å². The second kappa shape index (κ2) is 18.6. The van der Waals surface area contributed by atoms with Crippen LogP contribution >= 0.6 is 11.6 Å². The van der Waals surface area contributed by atoms with Crippen molar-refractivity contribution in [1.82, 2.24) is 20.5 Å². The Morgan fingerprint density at radius 3 is 2.40 bits per heavy atom. The first-order valence-electron chi connectivity index (χ1n) is 20.7. The summed E-state index contributed by atoms with van der Waals surface area (Å²) in [6.45, 7) is 6.05. The quantitative estimate of drug-likeness (QED) is 0.111. The lowest BCUT2D eigenvalue weighted by Gasteiger charge is -2.38. The first-order valence-corrected chi connectivity index (χ1v) is 21.1. The van der Waals surface area contributed by atoms with Gasteiger partial charge in [0.2, 0.25) is 5.91 Å². The Kier molecular flexibility index (Phi) is 12.6. The Bertz CT molecular complexity index is 2630. The summed E-state index contributed by atoms with van der Waals surface area (Å²) in [4.78, 5) is 46.9. The predicted molar refractivity (Wildman–Crippen MR) is 236 cm³/mol. The van der Waals surface area contributed by atoms with Crippen LogP contribution in [0.3, 0.4) is 0 Å². The third-order valence-electron chi connectivity index (χ3n) is 11.7. The Labute approximate surface area is 369 Å². The molecule has 3 amide bonds. The minimum absolute atomic E-state index is 0.0305. The Hall–Kier alpha value is -6.92. The van der Waals surface area contributed by atoms with Crippen LogP contribution in [0, 0.1) is 19.7 Å². The number of carboxylic acids is 1. The third-order valence-corrected chi connectivity index (χ3v) is 12.1. The smallest absolute Gasteiger partial charge is 0.326 e. The van der Waals surface area contributed by atoms with Gasteiger partial charge in [-0.15, -0.1) is 0 Å². The van der Waals surface area contributed by atoms with Gasteiger partial charge in [0.1, 0.15) is 36.9 Å². The number of pyridine rings is 1. The summed E-state index contributed by atoms with van der Waals surface area (Å²) in [5, 5.41) is 16.4. The molecule has 63 heavy (non-hydrogen) atoms. The van der Waals surface area contributed by atoms with Crippen molar-refractivity contribution in [3.05, 3.63) is 177 Å². The topological polar surface area (TPSA) is 139 Å². The molecule has 0 fully saturated rings. The monoisotopic (exact) mass is 868 g/mol. The molecule has 4 atom stereocenters. The van der Waals surface area contributed by atoms with E-state index in [1.807, 2.05) is 106 Å². The number of aromatic nitrogens is 1. The molecule has 8 rings (SSSR count). The first-order chi connectivity index (χ1) is 30.4. The number of fused-ring (bicyclic) bond motifs is 2. The summed E-state index contributed by atoms with van der Waals surface area (Å²) in [6.07, 6.45) is 1.44. The summed E-state index contributed by atoms with van der Waals surface area (Å²) in [7, 11) is 0. The molecule has 0 saturated carbocycles. The van der Waals surface area contributed by atoms with Crippen molar-refractivity contribution < 1.29 is 38.1 Å². The molecule has 0 bridgehead atoms. The van der Waals surface area contributed by atoms with Gasteiger partial charge in [0.05, 0.1) is 11.1 Å². The highest BCUT2D eigenvalue weighted by atomic mass is 35.5. The molecular formula is C50H46ClFN4O7. The highest BCUT2D eigenvalue weighted by molar-refractivity contribution is 6.31. The van der Waals surface area contributed by atoms with E-state index in [0.717, 1.165) is 50.2 Å². The molecular weight excluding hydrogens is 823 g/mol. The minimum Gasteiger partial charge on any atom is -0.489 e. The molecule has 0 aliphatic carbocycles. The fourth-order valence-corrected chi connectivity index (χ4v) is 8.16. The molecule has 0 spiro atoms. The van der Waals surface area contributed by atoms with E-state index in [-0.39, 0.29) is 49.2 Å². The van der Waals surface area contributed by atoms with Crippen LogP contribution in [0.5, 0.6) is 17.2 Å². The number of rotatable bonds is 12. The molecule has 2 aliphatic heterocycles. The SMILES string of the molecule is Cc1nccc(-c2ccc(C[C@H](NC(=O)[C@@H]3Cc4cc5c(cc4CN3C(=O)N[C@H](C)c3ccccc3)O[C@@H](c3ccc(OCc4c(F)cccc4Cl)cc3)CO5)C(=O)O)cc2)c1C. The summed E-state index contributed by atoms with van der Waals surface area (Å²) in [5.74, 6) is -0.726. The number of nitrogens with one attached hydrogen (secondary N) is 2. The first kappa shape index (κ1) is 42.8. The lowest BCUT2D eigenvalue weighted by atomic mass is 9.92. The molecule has 3 heterocycles. The Balaban J connectivity index is 0.992. The van der Waals surface area contributed by atoms with Crippen LogP contribution in [0.25, 0.3) is 11.1 Å². The van der Waals surface area contributed by atoms with Gasteiger partial charge < -0.3 is 34.9 Å². The van der Waals surface area contributed by atoms with Crippen molar-refractivity contribution in [2.24, 2.45) is 0 Å². The largest absolute Gasteiger partial charge is 0.489 e. The van der Waals surface area contributed by atoms with E-state index >= 15 is 0 Å². The van der Waals surface area contributed by atoms with Gasteiger partial charge >= 0.3 is 12.0 Å². The molecule has 1 aromatic heterocycles. The van der Waals surface area contributed by atoms with Gasteiger partial charge in [-0.05, 0) is 108 Å². The average molecular weight is 869 g/mol. The lowest BCUT2D eigenvalue weighted by molar-refractivity contribution is -0.142. The van der Waals surface area contributed by atoms with Crippen LogP contribution in [0.4, 0.5) is 9.18 Å². The van der Waals surface area contributed by atoms with E-state index in [1.54, 1.807) is 30.5 Å². The average Bonchev–Trinajstić information content (AvgIpc) is 3.29. The maximum atomic E-state index is 14.3. The fourth-order valence-electron chi connectivity index (χ4n) is 7.94. The standard InChI is InChI=1S/C50H46ClFN4O7/c1-29-30(2)53-21-20-39(29)34-14-12-32(13-15-34)22-43(49(58)59)55-48(57)44-23-36-24-45-46(25-37(36)26-56(44)50(60)54-31(3)33-8-5-4-6-9-33)63-47(28-62-45)35-16-18-38(19-17-35)61-27-40-41(51)10-7-11-42(40)52/h4-21,24-25,31,43-44,47H,22-23,26-28H2,1-3H3,(H,54,60)(H,55,57)(H,58,59)/t31-,43+,44+,47-/m1/s1. The number of aliphatic carboxylic acids is 1. The number of ether oxygens (including phenoxy) is 3. The molecule has 0 unspecified atom stereocenters. The molecule has 11 nitrogen and oxygen atoms in total. The number of carbonyl (C=O) groups is 3. The molecule has 0 radical (unpaired) electrons. The van der Waals surface area contributed by atoms with Gasteiger partial charge in [0, 0.05) is 36.8 Å². The molecule has 0 saturated heterocycles. The van der Waals surface area contributed by atoms with Crippen molar-refractivity contribution in [3.8, 4) is 28.4 Å². The maximum Gasteiger partial charge on any atom is 0.326 e. The third kappa shape index (κ3) is 9.61. The summed E-state index contributed by atoms with van der Waals surface area (Å²) < 4.78 is 32.7. The van der Waals surface area contributed by atoms with Gasteiger partial charge in [-0.3, -0.25) is 9.78 Å². The van der Waals surface area contributed by atoms with Crippen molar-refractivity contribution in [2.45, 2.75) is 71.0 Å². The van der Waals surface area contributed by atoms with E-state index in [9.17, 15) is 23.9 Å². The number of halogens is 2. The summed E-state index contributed by atoms with van der Waals surface area (Å²) in [5.41, 5.74) is 8.25. The van der Waals surface area contributed by atoms with Crippen LogP contribution in [-0.2, 0) is 35.6 Å². The molecule has 322 valence electrons. The number of amides is 3. The number of hydrogen-bond donors (Lipinski definition) is 3. The van der Waals surface area contributed by atoms with Crippen molar-refractivity contribution >= 4 is 29.5 Å². The normalized spacial score (nSPS) is 16.3. The number of nitrogens with zero attached hydrogens (tertiary/aromatic N) is 2. The number of urea groups is 1. The fraction of sp³-hybridized carbons (Fsp3) is 0.240. The zero-order chi connectivity index (χ0) is 44.2. The van der Waals surface area contributed by atoms with Crippen LogP contribution in [0.2, 0.25) is 5.02 Å². The molecule has 13 heteroatoms. The highest BCUT2D eigenvalue weighted by Gasteiger charge is 2.38. The number of carboxylic acid groups (broad SMARTS) is 1. The Morgan fingerprint density at radius 1 is 0.921 bits per heavy atom. The molecule has 2 aliphatic rings. The summed E-state index contributed by atoms with van der Waals surface area (Å²) in [6, 6.07) is 31.3. The van der Waals surface area contributed by atoms with Crippen molar-refractivity contribution in [3.63, 3.8) is 0 Å². The van der Waals surface area contributed by atoms with Crippen LogP contribution in [0.1, 0.15) is 63.7 Å². The van der Waals surface area contributed by atoms with Crippen LogP contribution in [-0.4, -0.2) is 51.6 Å². The van der Waals surface area contributed by atoms with Gasteiger partial charge in [0.15, 0.2) is 17.6 Å². The van der Waals surface area contributed by atoms with E-state index in [1.165, 1.54) is 11.0 Å². The van der Waals surface area contributed by atoms with Gasteiger partial charge in [-0.1, -0.05) is 84.4 Å². The lowest BCUT2D eigenvalue weighted by Crippen LogP contribution is -2.57. The zero-order valence-corrected chi connectivity index (χ0v) is 35.7. The van der Waals surface area contributed by atoms with Crippen LogP contribution in [0.15, 0.2) is 121 Å². The predicted octanol–water partition coefficient (Wildman–Crippen LogP) is 9.26. The van der Waals surface area contributed by atoms with E-state index < -0.39 is 41.9 Å². The molecule has 6 aromatic rings. The molecule has 5 aromatic carbocycles. The zero-order valence-electron chi connectivity index (χ0n) is 34.9. The molecule has 3 N–H and O–H groups in total. The summed E-state index contributed by atoms with van der Waals surface area (Å²) >= 11 is 6.16. The second-order valence-corrected chi connectivity index (χ2v) is 16.2. The van der Waals surface area contributed by atoms with E-state index in [4.69, 9.17) is 25.8 Å². The highest BCUT2D eigenvalue weighted by Crippen LogP contribution is 2.41. The maximum absolute atomic E-state index is 14.3. The number of hydrogen-bond acceptors (Lipinski definition) is 7. The minimum atomic E-state index is -1.26. The van der Waals surface area contributed by atoms with Crippen molar-refractivity contribution in [2.75, 3.05) is 6.61 Å². The van der Waals surface area contributed by atoms with Gasteiger partial charge in [0.25, 0.3) is 0 Å². The number of benzene rings is 5. The Morgan fingerprint density at radius 2 is 1.67 bits per heavy atom. The van der Waals surface area contributed by atoms with E-state index in [0.29, 0.717) is 17.2 Å². The van der Waals surface area contributed by atoms with Crippen LogP contribution < -0.4 is 24.8 Å².